The van der Waals surface area contributed by atoms with Crippen molar-refractivity contribution >= 4 is 15.9 Å². The monoisotopic (exact) mass is 438 g/mol. The molecule has 29 heavy (non-hydrogen) atoms. The van der Waals surface area contributed by atoms with Crippen molar-refractivity contribution in [2.45, 2.75) is 24.2 Å². The number of alkyl halides is 3. The van der Waals surface area contributed by atoms with Crippen molar-refractivity contribution in [3.05, 3.63) is 59.7 Å². The first-order chi connectivity index (χ1) is 13.4. The number of carbonyl (C=O) groups excluding carboxylic acids is 1. The number of rotatable bonds is 7. The van der Waals surface area contributed by atoms with Gasteiger partial charge >= 0.3 is 6.36 Å². The lowest BCUT2D eigenvalue weighted by atomic mass is 10.1. The van der Waals surface area contributed by atoms with Gasteiger partial charge in [0.25, 0.3) is 0 Å². The molecule has 2 rings (SSSR count). The first-order valence-electron chi connectivity index (χ1n) is 7.97. The molecule has 1 atom stereocenters. The smallest absolute Gasteiger partial charge is 0.406 e. The summed E-state index contributed by atoms with van der Waals surface area (Å²) in [5.74, 6) is -3.07. The second kappa shape index (κ2) is 8.74. The van der Waals surface area contributed by atoms with Crippen LogP contribution in [0, 0.1) is 11.6 Å². The summed E-state index contributed by atoms with van der Waals surface area (Å²) in [5, 5.41) is 2.34. The number of sulfonamides is 1. The van der Waals surface area contributed by atoms with Crippen LogP contribution in [-0.4, -0.2) is 27.2 Å². The fourth-order valence-electron chi connectivity index (χ4n) is 2.29. The van der Waals surface area contributed by atoms with E-state index in [4.69, 9.17) is 0 Å². The maximum atomic E-state index is 13.7. The minimum atomic E-state index is -4.92. The van der Waals surface area contributed by atoms with E-state index in [9.17, 15) is 35.2 Å². The van der Waals surface area contributed by atoms with Crippen molar-refractivity contribution in [1.82, 2.24) is 10.0 Å². The highest BCUT2D eigenvalue weighted by atomic mass is 32.2. The Morgan fingerprint density at radius 3 is 2.28 bits per heavy atom. The zero-order valence-corrected chi connectivity index (χ0v) is 15.6. The molecule has 12 heteroatoms. The number of hydrogen-bond acceptors (Lipinski definition) is 4. The summed E-state index contributed by atoms with van der Waals surface area (Å²) in [5.41, 5.74) is 0.00265. The van der Waals surface area contributed by atoms with E-state index in [0.717, 1.165) is 36.4 Å². The van der Waals surface area contributed by atoms with E-state index < -0.39 is 57.2 Å². The van der Waals surface area contributed by atoms with E-state index in [1.165, 1.54) is 6.92 Å². The van der Waals surface area contributed by atoms with E-state index in [1.54, 1.807) is 0 Å². The molecule has 1 amide bonds. The third-order valence-corrected chi connectivity index (χ3v) is 5.01. The first-order valence-corrected chi connectivity index (χ1v) is 9.45. The van der Waals surface area contributed by atoms with Gasteiger partial charge in [0.1, 0.15) is 17.4 Å². The summed E-state index contributed by atoms with van der Waals surface area (Å²) >= 11 is 0. The minimum absolute atomic E-state index is 0.00265. The van der Waals surface area contributed by atoms with Crippen molar-refractivity contribution in [3.8, 4) is 5.75 Å². The maximum Gasteiger partial charge on any atom is 0.573 e. The average Bonchev–Trinajstić information content (AvgIpc) is 2.59. The molecule has 0 fully saturated rings. The van der Waals surface area contributed by atoms with Crippen LogP contribution in [0.2, 0.25) is 0 Å². The Morgan fingerprint density at radius 2 is 1.72 bits per heavy atom. The van der Waals surface area contributed by atoms with E-state index in [1.807, 2.05) is 4.72 Å². The number of amides is 1. The molecule has 6 nitrogen and oxygen atoms in total. The van der Waals surface area contributed by atoms with Crippen LogP contribution in [0.15, 0.2) is 47.4 Å². The lowest BCUT2D eigenvalue weighted by Crippen LogP contribution is -2.38. The fraction of sp³-hybridized carbons (Fsp3) is 0.235. The molecule has 2 aromatic carbocycles. The fourth-order valence-corrected chi connectivity index (χ4v) is 3.27. The van der Waals surface area contributed by atoms with Gasteiger partial charge in [0, 0.05) is 11.6 Å². The summed E-state index contributed by atoms with van der Waals surface area (Å²) < 4.78 is 92.8. The molecule has 0 saturated heterocycles. The standard InChI is InChI=1S/C17H15F5N2O4S/c1-10(14-7-2-11(18)8-15(14)19)24-16(25)9-23-29(26,27)13-5-3-12(4-6-13)28-17(20,21)22/h2-8,10,23H,9H2,1H3,(H,24,25). The molecule has 158 valence electrons. The SMILES string of the molecule is CC(NC(=O)CNS(=O)(=O)c1ccc(OC(F)(F)F)cc1)c1ccc(F)cc1F. The molecule has 0 heterocycles. The molecule has 0 aliphatic carbocycles. The molecule has 0 radical (unpaired) electrons. The van der Waals surface area contributed by atoms with Crippen LogP contribution in [-0.2, 0) is 14.8 Å². The van der Waals surface area contributed by atoms with Gasteiger partial charge < -0.3 is 10.1 Å². The molecule has 0 aliphatic rings. The molecule has 1 unspecified atom stereocenters. The minimum Gasteiger partial charge on any atom is -0.406 e. The molecule has 2 N–H and O–H groups in total. The Morgan fingerprint density at radius 1 is 1.10 bits per heavy atom. The van der Waals surface area contributed by atoms with E-state index >= 15 is 0 Å². The van der Waals surface area contributed by atoms with Gasteiger partial charge in [0.15, 0.2) is 0 Å². The van der Waals surface area contributed by atoms with Crippen LogP contribution in [0.1, 0.15) is 18.5 Å². The van der Waals surface area contributed by atoms with Crippen LogP contribution in [0.3, 0.4) is 0 Å². The highest BCUT2D eigenvalue weighted by Crippen LogP contribution is 2.24. The van der Waals surface area contributed by atoms with Gasteiger partial charge in [-0.2, -0.15) is 0 Å². The van der Waals surface area contributed by atoms with Crippen molar-refractivity contribution in [2.75, 3.05) is 6.54 Å². The zero-order valence-electron chi connectivity index (χ0n) is 14.8. The van der Waals surface area contributed by atoms with Gasteiger partial charge in [-0.25, -0.2) is 21.9 Å². The molecule has 0 saturated carbocycles. The second-order valence-corrected chi connectivity index (χ2v) is 7.57. The predicted octanol–water partition coefficient (Wildman–Crippen LogP) is 3.02. The van der Waals surface area contributed by atoms with Gasteiger partial charge in [-0.15, -0.1) is 13.2 Å². The lowest BCUT2D eigenvalue weighted by Gasteiger charge is -2.15. The van der Waals surface area contributed by atoms with Gasteiger partial charge in [0.05, 0.1) is 17.5 Å². The molecular formula is C17H15F5N2O4S. The average molecular weight is 438 g/mol. The van der Waals surface area contributed by atoms with Gasteiger partial charge in [-0.05, 0) is 37.3 Å². The normalized spacial score (nSPS) is 13.0. The Hall–Kier alpha value is -2.73. The quantitative estimate of drug-likeness (QED) is 0.651. The van der Waals surface area contributed by atoms with E-state index in [0.29, 0.717) is 6.07 Å². The first kappa shape index (κ1) is 22.6. The number of nitrogens with one attached hydrogen (secondary N) is 2. The third-order valence-electron chi connectivity index (χ3n) is 3.60. The lowest BCUT2D eigenvalue weighted by molar-refractivity contribution is -0.274. The van der Waals surface area contributed by atoms with Crippen LogP contribution in [0.25, 0.3) is 0 Å². The second-order valence-electron chi connectivity index (χ2n) is 5.80. The number of benzene rings is 2. The van der Waals surface area contributed by atoms with Crippen molar-refractivity contribution in [1.29, 1.82) is 0 Å². The van der Waals surface area contributed by atoms with Gasteiger partial charge in [-0.1, -0.05) is 6.07 Å². The summed E-state index contributed by atoms with van der Waals surface area (Å²) in [4.78, 5) is 11.5. The van der Waals surface area contributed by atoms with Crippen LogP contribution >= 0.6 is 0 Å². The Balaban J connectivity index is 1.96. The summed E-state index contributed by atoms with van der Waals surface area (Å²) in [6, 6.07) is 5.29. The van der Waals surface area contributed by atoms with Gasteiger partial charge in [-0.3, -0.25) is 4.79 Å². The zero-order chi connectivity index (χ0) is 21.8. The number of ether oxygens (including phenoxy) is 1. The topological polar surface area (TPSA) is 84.5 Å². The predicted molar refractivity (Wildman–Crippen MR) is 91.2 cm³/mol. The molecular weight excluding hydrogens is 423 g/mol. The molecule has 0 bridgehead atoms. The highest BCUT2D eigenvalue weighted by Gasteiger charge is 2.31. The summed E-state index contributed by atoms with van der Waals surface area (Å²) in [7, 11) is -4.20. The largest absolute Gasteiger partial charge is 0.573 e. The Bertz CT molecular complexity index is 978. The van der Waals surface area contributed by atoms with Gasteiger partial charge in [0.2, 0.25) is 15.9 Å². The van der Waals surface area contributed by atoms with E-state index in [2.05, 4.69) is 10.1 Å². The number of carbonyl (C=O) groups is 1. The van der Waals surface area contributed by atoms with Crippen molar-refractivity contribution < 1.29 is 39.9 Å². The summed E-state index contributed by atoms with van der Waals surface area (Å²) in [6.07, 6.45) is -4.92. The summed E-state index contributed by atoms with van der Waals surface area (Å²) in [6.45, 7) is 0.707. The van der Waals surface area contributed by atoms with E-state index in [-0.39, 0.29) is 5.56 Å². The van der Waals surface area contributed by atoms with Crippen LogP contribution < -0.4 is 14.8 Å². The van der Waals surface area contributed by atoms with Crippen LogP contribution in [0.4, 0.5) is 22.0 Å². The molecule has 0 aliphatic heterocycles. The van der Waals surface area contributed by atoms with Crippen molar-refractivity contribution in [3.63, 3.8) is 0 Å². The molecule has 0 aromatic heterocycles. The Labute approximate surface area is 162 Å². The molecule has 2 aromatic rings. The van der Waals surface area contributed by atoms with Crippen LogP contribution in [0.5, 0.6) is 5.75 Å². The third kappa shape index (κ3) is 6.68. The molecule has 0 spiro atoms. The Kier molecular flexibility index (Phi) is 6.80. The number of halogens is 5. The van der Waals surface area contributed by atoms with Crippen molar-refractivity contribution in [2.24, 2.45) is 0 Å². The number of hydrogen-bond donors (Lipinski definition) is 2. The highest BCUT2D eigenvalue weighted by molar-refractivity contribution is 7.89. The maximum absolute atomic E-state index is 13.7.